The molecular weight excluding hydrogens is 545 g/mol. The Kier molecular flexibility index (Phi) is 9.04. The summed E-state index contributed by atoms with van der Waals surface area (Å²) < 4.78 is 2.26. The van der Waals surface area contributed by atoms with Gasteiger partial charge in [-0.1, -0.05) is 114 Å². The summed E-state index contributed by atoms with van der Waals surface area (Å²) in [4.78, 5) is 17.6. The molecule has 7 heteroatoms. The van der Waals surface area contributed by atoms with E-state index in [0.717, 1.165) is 52.0 Å². The fourth-order valence-electron chi connectivity index (χ4n) is 4.30. The van der Waals surface area contributed by atoms with Gasteiger partial charge in [0.05, 0.1) is 21.4 Å². The van der Waals surface area contributed by atoms with Crippen molar-refractivity contribution in [2.24, 2.45) is 0 Å². The van der Waals surface area contributed by atoms with Gasteiger partial charge >= 0.3 is 0 Å². The Morgan fingerprint density at radius 3 is 2.08 bits per heavy atom. The topological polar surface area (TPSA) is 46.9 Å². The summed E-state index contributed by atoms with van der Waals surface area (Å²) in [6.45, 7) is 0.581. The first-order valence-corrected chi connectivity index (χ1v) is 14.5. The van der Waals surface area contributed by atoms with Crippen LogP contribution in [0.25, 0.3) is 28.2 Å². The maximum absolute atomic E-state index is 12.4. The first-order chi connectivity index (χ1) is 19.1. The van der Waals surface area contributed by atoms with Crippen LogP contribution in [0.4, 0.5) is 0 Å². The van der Waals surface area contributed by atoms with Gasteiger partial charge in [0.15, 0.2) is 5.16 Å². The Labute approximate surface area is 243 Å². The third kappa shape index (κ3) is 6.56. The summed E-state index contributed by atoms with van der Waals surface area (Å²) in [6, 6.07) is 36.0. The number of thioether (sulfide) groups is 1. The molecule has 0 aliphatic heterocycles. The van der Waals surface area contributed by atoms with E-state index in [0.29, 0.717) is 22.2 Å². The molecule has 4 nitrogen and oxygen atoms in total. The second kappa shape index (κ2) is 13.0. The molecule has 0 fully saturated rings. The monoisotopic (exact) mass is 571 g/mol. The van der Waals surface area contributed by atoms with Gasteiger partial charge in [0.25, 0.3) is 5.91 Å². The zero-order chi connectivity index (χ0) is 27.0. The quantitative estimate of drug-likeness (QED) is 0.134. The smallest absolute Gasteiger partial charge is 0.251 e. The number of nitrogens with one attached hydrogen (secondary N) is 1. The van der Waals surface area contributed by atoms with Gasteiger partial charge in [-0.15, -0.1) is 0 Å². The zero-order valence-electron chi connectivity index (χ0n) is 21.2. The van der Waals surface area contributed by atoms with Gasteiger partial charge < -0.3 is 5.32 Å². The first-order valence-electron chi connectivity index (χ1n) is 12.8. The third-order valence-corrected chi connectivity index (χ3v) is 7.99. The fraction of sp³-hybridized carbons (Fsp3) is 0.125. The summed E-state index contributed by atoms with van der Waals surface area (Å²) >= 11 is 13.7. The molecule has 1 aromatic heterocycles. The Bertz CT molecular complexity index is 1540. The van der Waals surface area contributed by atoms with Crippen LogP contribution in [0.1, 0.15) is 23.2 Å². The highest BCUT2D eigenvalue weighted by Gasteiger charge is 2.21. The molecule has 39 heavy (non-hydrogen) atoms. The van der Waals surface area contributed by atoms with Gasteiger partial charge in [-0.25, -0.2) is 4.98 Å². The average molecular weight is 573 g/mol. The van der Waals surface area contributed by atoms with Crippen molar-refractivity contribution < 1.29 is 4.79 Å². The lowest BCUT2D eigenvalue weighted by Crippen LogP contribution is -2.24. The van der Waals surface area contributed by atoms with Crippen molar-refractivity contribution in [2.75, 3.05) is 12.3 Å². The second-order valence-corrected chi connectivity index (χ2v) is 10.8. The number of para-hydroxylation sites is 1. The highest BCUT2D eigenvalue weighted by molar-refractivity contribution is 7.99. The van der Waals surface area contributed by atoms with Crippen LogP contribution in [0.5, 0.6) is 0 Å². The molecule has 1 heterocycles. The number of aromatic nitrogens is 2. The average Bonchev–Trinajstić information content (AvgIpc) is 3.37. The van der Waals surface area contributed by atoms with Crippen molar-refractivity contribution in [1.29, 1.82) is 0 Å². The van der Waals surface area contributed by atoms with Gasteiger partial charge in [-0.3, -0.25) is 9.36 Å². The number of amides is 1. The SMILES string of the molecule is O=C(NCCCCSc1nc(-c2ccccc2)c(-c2ccccc2)n1-c1ccccc1)c1ccc(Cl)c(Cl)c1. The van der Waals surface area contributed by atoms with E-state index in [1.54, 1.807) is 30.0 Å². The zero-order valence-corrected chi connectivity index (χ0v) is 23.5. The van der Waals surface area contributed by atoms with Crippen molar-refractivity contribution in [2.45, 2.75) is 18.0 Å². The van der Waals surface area contributed by atoms with Gasteiger partial charge in [0, 0.05) is 34.7 Å². The van der Waals surface area contributed by atoms with E-state index >= 15 is 0 Å². The minimum atomic E-state index is -0.152. The maximum atomic E-state index is 12.4. The number of imidazole rings is 1. The largest absolute Gasteiger partial charge is 0.352 e. The summed E-state index contributed by atoms with van der Waals surface area (Å²) in [7, 11) is 0. The lowest BCUT2D eigenvalue weighted by molar-refractivity contribution is 0.0953. The van der Waals surface area contributed by atoms with Crippen molar-refractivity contribution in [3.63, 3.8) is 0 Å². The number of nitrogens with zero attached hydrogens (tertiary/aromatic N) is 2. The lowest BCUT2D eigenvalue weighted by Gasteiger charge is -2.13. The van der Waals surface area contributed by atoms with Gasteiger partial charge in [0.2, 0.25) is 0 Å². The minimum Gasteiger partial charge on any atom is -0.352 e. The van der Waals surface area contributed by atoms with Crippen LogP contribution in [0.2, 0.25) is 10.0 Å². The lowest BCUT2D eigenvalue weighted by atomic mass is 10.0. The number of rotatable bonds is 10. The van der Waals surface area contributed by atoms with Crippen molar-refractivity contribution in [1.82, 2.24) is 14.9 Å². The van der Waals surface area contributed by atoms with Gasteiger partial charge in [0.1, 0.15) is 0 Å². The van der Waals surface area contributed by atoms with Crippen LogP contribution in [-0.2, 0) is 0 Å². The highest BCUT2D eigenvalue weighted by atomic mass is 35.5. The molecule has 0 saturated carbocycles. The number of carbonyl (C=O) groups is 1. The molecule has 0 spiro atoms. The number of benzene rings is 4. The van der Waals surface area contributed by atoms with E-state index in [4.69, 9.17) is 28.2 Å². The molecule has 0 atom stereocenters. The molecule has 5 aromatic rings. The van der Waals surface area contributed by atoms with Crippen molar-refractivity contribution in [3.05, 3.63) is 125 Å². The molecule has 0 saturated heterocycles. The van der Waals surface area contributed by atoms with Crippen molar-refractivity contribution in [3.8, 4) is 28.2 Å². The molecule has 4 aromatic carbocycles. The summed E-state index contributed by atoms with van der Waals surface area (Å²) in [6.07, 6.45) is 1.78. The predicted octanol–water partition coefficient (Wildman–Crippen LogP) is 8.82. The number of carbonyl (C=O) groups excluding carboxylic acids is 1. The minimum absolute atomic E-state index is 0.152. The standard InChI is InChI=1S/C32H27Cl2N3OS/c33-27-19-18-25(22-28(27)34)31(38)35-20-10-11-21-39-32-36-29(23-12-4-1-5-13-23)30(24-14-6-2-7-15-24)37(32)26-16-8-3-9-17-26/h1-9,12-19,22H,10-11,20-21H2,(H,35,38). The van der Waals surface area contributed by atoms with Crippen LogP contribution in [-0.4, -0.2) is 27.8 Å². The fourth-order valence-corrected chi connectivity index (χ4v) is 5.62. The molecule has 0 aliphatic rings. The van der Waals surface area contributed by atoms with E-state index in [9.17, 15) is 4.79 Å². The predicted molar refractivity (Wildman–Crippen MR) is 163 cm³/mol. The van der Waals surface area contributed by atoms with E-state index in [1.165, 1.54) is 0 Å². The number of unbranched alkanes of at least 4 members (excludes halogenated alkanes) is 1. The number of halogens is 2. The van der Waals surface area contributed by atoms with E-state index in [1.807, 2.05) is 30.3 Å². The highest BCUT2D eigenvalue weighted by Crippen LogP contribution is 2.38. The molecule has 0 aliphatic carbocycles. The summed E-state index contributed by atoms with van der Waals surface area (Å²) in [5.41, 5.74) is 5.81. The third-order valence-electron chi connectivity index (χ3n) is 6.23. The molecule has 0 unspecified atom stereocenters. The van der Waals surface area contributed by atoms with Crippen molar-refractivity contribution >= 4 is 40.9 Å². The maximum Gasteiger partial charge on any atom is 0.251 e. The normalized spacial score (nSPS) is 10.9. The number of hydrogen-bond acceptors (Lipinski definition) is 3. The molecule has 1 N–H and O–H groups in total. The van der Waals surface area contributed by atoms with Crippen LogP contribution in [0, 0.1) is 0 Å². The second-order valence-electron chi connectivity index (χ2n) is 8.93. The van der Waals surface area contributed by atoms with Crippen LogP contribution < -0.4 is 5.32 Å². The molecule has 0 bridgehead atoms. The summed E-state index contributed by atoms with van der Waals surface area (Å²) in [5.74, 6) is 0.718. The Hall–Kier alpha value is -3.51. The molecule has 1 amide bonds. The van der Waals surface area contributed by atoms with E-state index in [2.05, 4.69) is 70.5 Å². The van der Waals surface area contributed by atoms with Crippen LogP contribution >= 0.6 is 35.0 Å². The Morgan fingerprint density at radius 2 is 1.41 bits per heavy atom. The van der Waals surface area contributed by atoms with E-state index in [-0.39, 0.29) is 5.91 Å². The molecule has 0 radical (unpaired) electrons. The summed E-state index contributed by atoms with van der Waals surface area (Å²) in [5, 5.41) is 4.72. The molecular formula is C32H27Cl2N3OS. The Balaban J connectivity index is 1.33. The molecule has 196 valence electrons. The number of hydrogen-bond donors (Lipinski definition) is 1. The first kappa shape index (κ1) is 27.1. The van der Waals surface area contributed by atoms with Gasteiger partial charge in [-0.05, 0) is 43.2 Å². The van der Waals surface area contributed by atoms with E-state index < -0.39 is 0 Å². The van der Waals surface area contributed by atoms with Crippen LogP contribution in [0.3, 0.4) is 0 Å². The molecule has 5 rings (SSSR count). The van der Waals surface area contributed by atoms with Crippen LogP contribution in [0.15, 0.2) is 114 Å². The van der Waals surface area contributed by atoms with Gasteiger partial charge in [-0.2, -0.15) is 0 Å². The Morgan fingerprint density at radius 1 is 0.769 bits per heavy atom.